The van der Waals surface area contributed by atoms with Crippen LogP contribution in [-0.4, -0.2) is 11.5 Å². The highest BCUT2D eigenvalue weighted by Gasteiger charge is 2.17. The number of nitrogens with one attached hydrogen (secondary N) is 1. The monoisotopic (exact) mass is 236 g/mol. The van der Waals surface area contributed by atoms with Gasteiger partial charge in [0.15, 0.2) is 0 Å². The second kappa shape index (κ2) is 5.75. The van der Waals surface area contributed by atoms with Gasteiger partial charge in [0.25, 0.3) is 0 Å². The van der Waals surface area contributed by atoms with Gasteiger partial charge < -0.3 is 16.8 Å². The van der Waals surface area contributed by atoms with Gasteiger partial charge in [-0.2, -0.15) is 0 Å². The van der Waals surface area contributed by atoms with Gasteiger partial charge in [0.05, 0.1) is 5.69 Å². The molecule has 0 spiro atoms. The van der Waals surface area contributed by atoms with E-state index in [0.717, 1.165) is 12.4 Å². The SMILES string of the molecule is CC(C)C(CNc1ccc(N)c(N)n1)C(C)C. The van der Waals surface area contributed by atoms with Gasteiger partial charge >= 0.3 is 0 Å². The molecule has 0 atom stereocenters. The summed E-state index contributed by atoms with van der Waals surface area (Å²) in [6, 6.07) is 3.65. The molecule has 0 saturated heterocycles. The van der Waals surface area contributed by atoms with Gasteiger partial charge in [-0.25, -0.2) is 4.98 Å². The minimum Gasteiger partial charge on any atom is -0.396 e. The molecule has 4 nitrogen and oxygen atoms in total. The first-order valence-corrected chi connectivity index (χ1v) is 6.17. The molecule has 5 N–H and O–H groups in total. The Labute approximate surface area is 104 Å². The van der Waals surface area contributed by atoms with Crippen molar-refractivity contribution >= 4 is 17.3 Å². The number of anilines is 3. The molecule has 0 saturated carbocycles. The van der Waals surface area contributed by atoms with Crippen molar-refractivity contribution < 1.29 is 0 Å². The van der Waals surface area contributed by atoms with Crippen molar-refractivity contribution in [2.45, 2.75) is 27.7 Å². The maximum Gasteiger partial charge on any atom is 0.149 e. The number of aromatic nitrogens is 1. The van der Waals surface area contributed by atoms with Crippen LogP contribution in [0.4, 0.5) is 17.3 Å². The van der Waals surface area contributed by atoms with Crippen molar-refractivity contribution in [2.24, 2.45) is 17.8 Å². The van der Waals surface area contributed by atoms with Crippen LogP contribution in [0.2, 0.25) is 0 Å². The van der Waals surface area contributed by atoms with Gasteiger partial charge in [0, 0.05) is 6.54 Å². The van der Waals surface area contributed by atoms with Gasteiger partial charge in [-0.1, -0.05) is 27.7 Å². The molecule has 1 heterocycles. The van der Waals surface area contributed by atoms with Gasteiger partial charge in [0.1, 0.15) is 11.6 Å². The van der Waals surface area contributed by atoms with E-state index in [2.05, 4.69) is 38.0 Å². The topological polar surface area (TPSA) is 77.0 Å². The molecule has 0 aliphatic carbocycles. The van der Waals surface area contributed by atoms with E-state index in [1.54, 1.807) is 6.07 Å². The van der Waals surface area contributed by atoms with Crippen LogP contribution in [0.15, 0.2) is 12.1 Å². The Morgan fingerprint density at radius 1 is 1.12 bits per heavy atom. The second-order valence-electron chi connectivity index (χ2n) is 5.20. The number of nitrogens with zero attached hydrogens (tertiary/aromatic N) is 1. The van der Waals surface area contributed by atoms with Gasteiger partial charge in [-0.15, -0.1) is 0 Å². The molecule has 0 fully saturated rings. The highest BCUT2D eigenvalue weighted by molar-refractivity contribution is 5.61. The molecule has 0 bridgehead atoms. The summed E-state index contributed by atoms with van der Waals surface area (Å²) in [6.45, 7) is 9.90. The quantitative estimate of drug-likeness (QED) is 0.734. The Kier molecular flexibility index (Phi) is 4.61. The summed E-state index contributed by atoms with van der Waals surface area (Å²) in [5.74, 6) is 3.10. The van der Waals surface area contributed by atoms with Gasteiger partial charge in [-0.05, 0) is 29.9 Å². The molecule has 0 aliphatic rings. The zero-order valence-electron chi connectivity index (χ0n) is 11.2. The molecule has 1 aromatic rings. The van der Waals surface area contributed by atoms with E-state index in [4.69, 9.17) is 11.5 Å². The summed E-state index contributed by atoms with van der Waals surface area (Å²) in [5, 5.41) is 3.33. The molecule has 0 unspecified atom stereocenters. The molecule has 0 aromatic carbocycles. The molecule has 17 heavy (non-hydrogen) atoms. The smallest absolute Gasteiger partial charge is 0.149 e. The highest BCUT2D eigenvalue weighted by Crippen LogP contribution is 2.21. The van der Waals surface area contributed by atoms with Crippen molar-refractivity contribution in [1.82, 2.24) is 4.98 Å². The van der Waals surface area contributed by atoms with Gasteiger partial charge in [0.2, 0.25) is 0 Å². The maximum atomic E-state index is 5.67. The van der Waals surface area contributed by atoms with E-state index in [0.29, 0.717) is 29.3 Å². The molecule has 0 aliphatic heterocycles. The van der Waals surface area contributed by atoms with Crippen LogP contribution in [-0.2, 0) is 0 Å². The lowest BCUT2D eigenvalue weighted by Crippen LogP contribution is -2.24. The molecular formula is C13H24N4. The minimum atomic E-state index is 0.389. The van der Waals surface area contributed by atoms with Crippen molar-refractivity contribution in [3.63, 3.8) is 0 Å². The molecule has 0 radical (unpaired) electrons. The summed E-state index contributed by atoms with van der Waals surface area (Å²) in [5.41, 5.74) is 11.8. The Bertz CT molecular complexity index is 352. The molecule has 1 rings (SSSR count). The van der Waals surface area contributed by atoms with Crippen molar-refractivity contribution in [3.05, 3.63) is 12.1 Å². The molecule has 0 amide bonds. The van der Waals surface area contributed by atoms with E-state index >= 15 is 0 Å². The molecule has 96 valence electrons. The lowest BCUT2D eigenvalue weighted by atomic mass is 9.85. The standard InChI is InChI=1S/C13H24N4/c1-8(2)10(9(3)4)7-16-12-6-5-11(14)13(15)17-12/h5-6,8-10H,7,14H2,1-4H3,(H3,15,16,17). The predicted molar refractivity (Wildman–Crippen MR) is 74.7 cm³/mol. The van der Waals surface area contributed by atoms with Crippen molar-refractivity contribution in [3.8, 4) is 0 Å². The van der Waals surface area contributed by atoms with E-state index in [1.165, 1.54) is 0 Å². The second-order valence-corrected chi connectivity index (χ2v) is 5.20. The number of rotatable bonds is 5. The molecule has 4 heteroatoms. The summed E-state index contributed by atoms with van der Waals surface area (Å²) in [7, 11) is 0. The lowest BCUT2D eigenvalue weighted by molar-refractivity contribution is 0.304. The molecular weight excluding hydrogens is 212 g/mol. The van der Waals surface area contributed by atoms with Crippen LogP contribution in [0.1, 0.15) is 27.7 Å². The zero-order valence-corrected chi connectivity index (χ0v) is 11.2. The fourth-order valence-corrected chi connectivity index (χ4v) is 2.05. The third kappa shape index (κ3) is 3.80. The Hall–Kier alpha value is -1.45. The van der Waals surface area contributed by atoms with Crippen LogP contribution in [0.3, 0.4) is 0 Å². The fraction of sp³-hybridized carbons (Fsp3) is 0.615. The third-order valence-electron chi connectivity index (χ3n) is 3.19. The Morgan fingerprint density at radius 2 is 1.71 bits per heavy atom. The van der Waals surface area contributed by atoms with Crippen molar-refractivity contribution in [2.75, 3.05) is 23.3 Å². The third-order valence-corrected chi connectivity index (χ3v) is 3.19. The van der Waals surface area contributed by atoms with E-state index in [9.17, 15) is 0 Å². The average molecular weight is 236 g/mol. The number of hydrogen-bond acceptors (Lipinski definition) is 4. The van der Waals surface area contributed by atoms with Crippen molar-refractivity contribution in [1.29, 1.82) is 0 Å². The molecule has 1 aromatic heterocycles. The first-order valence-electron chi connectivity index (χ1n) is 6.17. The van der Waals surface area contributed by atoms with E-state index in [1.807, 2.05) is 6.07 Å². The normalized spacial score (nSPS) is 11.5. The number of hydrogen-bond donors (Lipinski definition) is 3. The van der Waals surface area contributed by atoms with Crippen LogP contribution in [0.25, 0.3) is 0 Å². The predicted octanol–water partition coefficient (Wildman–Crippen LogP) is 2.59. The highest BCUT2D eigenvalue weighted by atomic mass is 15.0. The summed E-state index contributed by atoms with van der Waals surface area (Å²) >= 11 is 0. The number of nitrogens with two attached hydrogens (primary N) is 2. The number of pyridine rings is 1. The largest absolute Gasteiger partial charge is 0.396 e. The van der Waals surface area contributed by atoms with E-state index in [-0.39, 0.29) is 0 Å². The Balaban J connectivity index is 2.62. The Morgan fingerprint density at radius 3 is 2.18 bits per heavy atom. The minimum absolute atomic E-state index is 0.389. The summed E-state index contributed by atoms with van der Waals surface area (Å²) < 4.78 is 0. The first-order chi connectivity index (χ1) is 7.91. The van der Waals surface area contributed by atoms with Crippen LogP contribution < -0.4 is 16.8 Å². The average Bonchev–Trinajstić information content (AvgIpc) is 2.22. The first kappa shape index (κ1) is 13.6. The van der Waals surface area contributed by atoms with Crippen LogP contribution in [0, 0.1) is 17.8 Å². The lowest BCUT2D eigenvalue weighted by Gasteiger charge is -2.25. The van der Waals surface area contributed by atoms with Gasteiger partial charge in [-0.3, -0.25) is 0 Å². The summed E-state index contributed by atoms with van der Waals surface area (Å²) in [6.07, 6.45) is 0. The van der Waals surface area contributed by atoms with Crippen LogP contribution in [0.5, 0.6) is 0 Å². The fourth-order valence-electron chi connectivity index (χ4n) is 2.05. The zero-order chi connectivity index (χ0) is 13.0. The summed E-state index contributed by atoms with van der Waals surface area (Å²) in [4.78, 5) is 4.21. The van der Waals surface area contributed by atoms with Crippen LogP contribution >= 0.6 is 0 Å². The van der Waals surface area contributed by atoms with E-state index < -0.39 is 0 Å². The maximum absolute atomic E-state index is 5.67. The number of nitrogen functional groups attached to an aromatic ring is 2.